The summed E-state index contributed by atoms with van der Waals surface area (Å²) in [5.74, 6) is 0.731. The Bertz CT molecular complexity index is 312. The number of H-pyrrole nitrogens is 1. The Balaban J connectivity index is 2.14. The maximum atomic E-state index is 4.03. The average molecular weight is 178 g/mol. The third-order valence-corrected chi connectivity index (χ3v) is 1.80. The van der Waals surface area contributed by atoms with Crippen molar-refractivity contribution in [1.29, 1.82) is 0 Å². The van der Waals surface area contributed by atoms with Crippen LogP contribution in [-0.4, -0.2) is 19.3 Å². The van der Waals surface area contributed by atoms with Crippen molar-refractivity contribution in [3.8, 4) is 0 Å². The predicted octanol–water partition coefficient (Wildman–Crippen LogP) is 1.43. The number of aromatic amines is 1. The van der Waals surface area contributed by atoms with E-state index in [1.54, 1.807) is 18.0 Å². The molecule has 4 nitrogen and oxygen atoms in total. The first-order chi connectivity index (χ1) is 5.95. The maximum Gasteiger partial charge on any atom is 0.165 e. The molecule has 0 aromatic carbocycles. The van der Waals surface area contributed by atoms with E-state index >= 15 is 0 Å². The van der Waals surface area contributed by atoms with Crippen LogP contribution in [0.2, 0.25) is 0 Å². The molecule has 0 saturated carbocycles. The molecule has 2 aromatic heterocycles. The van der Waals surface area contributed by atoms with Gasteiger partial charge in [0.1, 0.15) is 5.51 Å². The maximum absolute atomic E-state index is 4.03. The minimum absolute atomic E-state index is 0.731. The van der Waals surface area contributed by atoms with Crippen molar-refractivity contribution in [2.24, 2.45) is 0 Å². The van der Waals surface area contributed by atoms with E-state index in [9.17, 15) is 0 Å². The third kappa shape index (κ3) is 1.57. The molecule has 0 radical (unpaired) electrons. The summed E-state index contributed by atoms with van der Waals surface area (Å²) in [7, 11) is 0. The lowest BCUT2D eigenvalue weighted by Gasteiger charge is -1.80. The van der Waals surface area contributed by atoms with Crippen LogP contribution >= 0.6 is 11.5 Å². The molecule has 0 unspecified atom stereocenters. The van der Waals surface area contributed by atoms with E-state index in [0.717, 1.165) is 11.5 Å². The van der Waals surface area contributed by atoms with Gasteiger partial charge in [0, 0.05) is 0 Å². The standard InChI is InChI=1S/C7H6N4S/c1(6-3-8-4-9-6)2-7-10-5-12-11-7/h1-5H,(H,8,9)/b2-1+. The lowest BCUT2D eigenvalue weighted by Crippen LogP contribution is -1.72. The minimum atomic E-state index is 0.731. The summed E-state index contributed by atoms with van der Waals surface area (Å²) in [5, 5.41) is 0. The van der Waals surface area contributed by atoms with Gasteiger partial charge in [-0.25, -0.2) is 9.97 Å². The van der Waals surface area contributed by atoms with Crippen LogP contribution in [0, 0.1) is 0 Å². The Morgan fingerprint density at radius 1 is 1.42 bits per heavy atom. The molecule has 0 bridgehead atoms. The van der Waals surface area contributed by atoms with E-state index in [0.29, 0.717) is 0 Å². The number of hydrogen-bond acceptors (Lipinski definition) is 4. The highest BCUT2D eigenvalue weighted by Crippen LogP contribution is 2.01. The Labute approximate surface area is 73.2 Å². The molecule has 60 valence electrons. The topological polar surface area (TPSA) is 54.5 Å². The van der Waals surface area contributed by atoms with Crippen molar-refractivity contribution in [1.82, 2.24) is 19.3 Å². The number of rotatable bonds is 2. The number of hydrogen-bond donors (Lipinski definition) is 1. The lowest BCUT2D eigenvalue weighted by atomic mass is 10.4. The summed E-state index contributed by atoms with van der Waals surface area (Å²) in [6.45, 7) is 0. The molecule has 2 heterocycles. The van der Waals surface area contributed by atoms with Crippen LogP contribution in [0.3, 0.4) is 0 Å². The summed E-state index contributed by atoms with van der Waals surface area (Å²) in [6, 6.07) is 0. The van der Waals surface area contributed by atoms with E-state index < -0.39 is 0 Å². The Morgan fingerprint density at radius 3 is 3.08 bits per heavy atom. The molecule has 2 aromatic rings. The number of aromatic nitrogens is 4. The monoisotopic (exact) mass is 178 g/mol. The molecule has 0 aliphatic heterocycles. The second-order valence-corrected chi connectivity index (χ2v) is 2.73. The van der Waals surface area contributed by atoms with Crippen molar-refractivity contribution in [3.05, 3.63) is 29.6 Å². The fourth-order valence-corrected chi connectivity index (χ4v) is 1.19. The smallest absolute Gasteiger partial charge is 0.165 e. The highest BCUT2D eigenvalue weighted by molar-refractivity contribution is 7.03. The summed E-state index contributed by atoms with van der Waals surface area (Å²) >= 11 is 1.34. The van der Waals surface area contributed by atoms with Crippen LogP contribution in [-0.2, 0) is 0 Å². The third-order valence-electron chi connectivity index (χ3n) is 1.31. The average Bonchev–Trinajstić information content (AvgIpc) is 2.74. The molecular weight excluding hydrogens is 172 g/mol. The van der Waals surface area contributed by atoms with E-state index in [4.69, 9.17) is 0 Å². The van der Waals surface area contributed by atoms with Crippen molar-refractivity contribution >= 4 is 23.7 Å². The molecule has 5 heteroatoms. The van der Waals surface area contributed by atoms with Gasteiger partial charge in [-0.15, -0.1) is 0 Å². The van der Waals surface area contributed by atoms with Gasteiger partial charge < -0.3 is 4.98 Å². The quantitative estimate of drug-likeness (QED) is 0.756. The highest BCUT2D eigenvalue weighted by atomic mass is 32.1. The molecular formula is C7H6N4S. The number of nitrogens with one attached hydrogen (secondary N) is 1. The van der Waals surface area contributed by atoms with Crippen molar-refractivity contribution in [2.45, 2.75) is 0 Å². The van der Waals surface area contributed by atoms with Gasteiger partial charge in [0.25, 0.3) is 0 Å². The predicted molar refractivity (Wildman–Crippen MR) is 47.4 cm³/mol. The van der Waals surface area contributed by atoms with Gasteiger partial charge in [-0.2, -0.15) is 4.37 Å². The molecule has 0 atom stereocenters. The van der Waals surface area contributed by atoms with Gasteiger partial charge in [-0.1, -0.05) is 0 Å². The number of imidazole rings is 1. The molecule has 2 rings (SSSR count). The van der Waals surface area contributed by atoms with E-state index in [-0.39, 0.29) is 0 Å². The normalized spacial score (nSPS) is 11.0. The van der Waals surface area contributed by atoms with Crippen LogP contribution in [0.5, 0.6) is 0 Å². The summed E-state index contributed by atoms with van der Waals surface area (Å²) in [5.41, 5.74) is 2.65. The Kier molecular flexibility index (Phi) is 1.96. The molecule has 0 spiro atoms. The molecule has 12 heavy (non-hydrogen) atoms. The minimum Gasteiger partial charge on any atom is -0.345 e. The first-order valence-electron chi connectivity index (χ1n) is 3.38. The van der Waals surface area contributed by atoms with Gasteiger partial charge in [-0.05, 0) is 23.7 Å². The molecule has 1 N–H and O–H groups in total. The fourth-order valence-electron chi connectivity index (χ4n) is 0.774. The number of nitrogens with zero attached hydrogens (tertiary/aromatic N) is 3. The SMILES string of the molecule is C(=C\c1cnc[nH]1)/c1ncsn1. The summed E-state index contributed by atoms with van der Waals surface area (Å²) < 4.78 is 4.03. The van der Waals surface area contributed by atoms with Crippen LogP contribution in [0.25, 0.3) is 12.2 Å². The zero-order valence-corrected chi connectivity index (χ0v) is 6.95. The van der Waals surface area contributed by atoms with Crippen molar-refractivity contribution in [2.75, 3.05) is 0 Å². The van der Waals surface area contributed by atoms with Gasteiger partial charge in [0.05, 0.1) is 18.2 Å². The van der Waals surface area contributed by atoms with Gasteiger partial charge >= 0.3 is 0 Å². The Hall–Kier alpha value is -1.49. The highest BCUT2D eigenvalue weighted by Gasteiger charge is 1.89. The molecule has 0 amide bonds. The first kappa shape index (κ1) is 7.17. The second-order valence-electron chi connectivity index (χ2n) is 2.13. The van der Waals surface area contributed by atoms with Crippen molar-refractivity contribution in [3.63, 3.8) is 0 Å². The largest absolute Gasteiger partial charge is 0.345 e. The second kappa shape index (κ2) is 3.27. The van der Waals surface area contributed by atoms with Crippen LogP contribution in [0.4, 0.5) is 0 Å². The fraction of sp³-hybridized carbons (Fsp3) is 0. The van der Waals surface area contributed by atoms with Crippen molar-refractivity contribution < 1.29 is 0 Å². The van der Waals surface area contributed by atoms with E-state index in [1.807, 2.05) is 12.2 Å². The zero-order valence-electron chi connectivity index (χ0n) is 6.14. The van der Waals surface area contributed by atoms with Gasteiger partial charge in [0.15, 0.2) is 5.82 Å². The van der Waals surface area contributed by atoms with Gasteiger partial charge in [-0.3, -0.25) is 0 Å². The Morgan fingerprint density at radius 2 is 2.42 bits per heavy atom. The zero-order chi connectivity index (χ0) is 8.23. The van der Waals surface area contributed by atoms with E-state index in [2.05, 4.69) is 19.3 Å². The molecule has 0 fully saturated rings. The molecule has 0 aliphatic carbocycles. The van der Waals surface area contributed by atoms with Gasteiger partial charge in [0.2, 0.25) is 0 Å². The molecule has 0 aliphatic rings. The lowest BCUT2D eigenvalue weighted by molar-refractivity contribution is 1.28. The van der Waals surface area contributed by atoms with Crippen LogP contribution in [0.15, 0.2) is 18.0 Å². The summed E-state index contributed by atoms with van der Waals surface area (Å²) in [4.78, 5) is 10.8. The molecule has 0 saturated heterocycles. The summed E-state index contributed by atoms with van der Waals surface area (Å²) in [6.07, 6.45) is 7.09. The van der Waals surface area contributed by atoms with E-state index in [1.165, 1.54) is 11.5 Å². The van der Waals surface area contributed by atoms with Crippen LogP contribution in [0.1, 0.15) is 11.5 Å². The first-order valence-corrected chi connectivity index (χ1v) is 4.21. The van der Waals surface area contributed by atoms with Crippen LogP contribution < -0.4 is 0 Å².